The molecule has 120 valence electrons. The lowest BCUT2D eigenvalue weighted by Crippen LogP contribution is -2.55. The van der Waals surface area contributed by atoms with E-state index in [1.54, 1.807) is 22.4 Å². The smallest absolute Gasteiger partial charge is 0.318 e. The Morgan fingerprint density at radius 1 is 1.32 bits per heavy atom. The van der Waals surface area contributed by atoms with Gasteiger partial charge in [0.05, 0.1) is 0 Å². The molecule has 1 aromatic heterocycles. The van der Waals surface area contributed by atoms with Crippen LogP contribution in [0.25, 0.3) is 0 Å². The molecule has 22 heavy (non-hydrogen) atoms. The van der Waals surface area contributed by atoms with Crippen molar-refractivity contribution in [3.8, 4) is 0 Å². The molecule has 0 spiro atoms. The number of carbonyl (C=O) groups excluding carboxylic acids is 2. The number of piperazine rings is 1. The molecule has 2 N–H and O–H groups in total. The van der Waals surface area contributed by atoms with Crippen molar-refractivity contribution >= 4 is 28.4 Å². The maximum Gasteiger partial charge on any atom is 0.318 e. The first-order valence-electron chi connectivity index (χ1n) is 7.71. The molecule has 7 nitrogen and oxygen atoms in total. The average Bonchev–Trinajstić information content (AvgIpc) is 3.00. The Labute approximate surface area is 133 Å². The number of hydrogen-bond acceptors (Lipinski definition) is 5. The van der Waals surface area contributed by atoms with E-state index >= 15 is 0 Å². The summed E-state index contributed by atoms with van der Waals surface area (Å²) in [4.78, 5) is 32.5. The topological polar surface area (TPSA) is 77.6 Å². The molecule has 3 heterocycles. The monoisotopic (exact) mass is 323 g/mol. The highest BCUT2D eigenvalue weighted by atomic mass is 32.1. The summed E-state index contributed by atoms with van der Waals surface area (Å²) in [7, 11) is 0. The molecule has 8 heteroatoms. The number of anilines is 1. The maximum absolute atomic E-state index is 12.3. The van der Waals surface area contributed by atoms with Gasteiger partial charge in [-0.25, -0.2) is 9.78 Å². The van der Waals surface area contributed by atoms with Gasteiger partial charge >= 0.3 is 6.03 Å². The van der Waals surface area contributed by atoms with Crippen LogP contribution in [0.1, 0.15) is 19.3 Å². The fourth-order valence-electron chi connectivity index (χ4n) is 2.79. The van der Waals surface area contributed by atoms with E-state index in [4.69, 9.17) is 0 Å². The second-order valence-corrected chi connectivity index (χ2v) is 6.45. The van der Waals surface area contributed by atoms with Gasteiger partial charge in [0.1, 0.15) is 6.04 Å². The highest BCUT2D eigenvalue weighted by Gasteiger charge is 2.27. The Balaban J connectivity index is 1.50. The number of carbonyl (C=O) groups is 2. The predicted molar refractivity (Wildman–Crippen MR) is 85.1 cm³/mol. The minimum Gasteiger partial charge on any atom is -0.354 e. The molecule has 3 rings (SSSR count). The molecule has 0 saturated carbocycles. The summed E-state index contributed by atoms with van der Waals surface area (Å²) in [6.07, 6.45) is 4.45. The molecule has 2 aliphatic heterocycles. The summed E-state index contributed by atoms with van der Waals surface area (Å²) < 4.78 is 0. The van der Waals surface area contributed by atoms with Crippen LogP contribution in [0.4, 0.5) is 9.93 Å². The summed E-state index contributed by atoms with van der Waals surface area (Å²) >= 11 is 1.61. The molecule has 0 unspecified atom stereocenters. The van der Waals surface area contributed by atoms with Crippen LogP contribution in [-0.2, 0) is 4.79 Å². The number of nitrogens with one attached hydrogen (secondary N) is 2. The van der Waals surface area contributed by atoms with Gasteiger partial charge in [-0.15, -0.1) is 11.3 Å². The number of amides is 3. The van der Waals surface area contributed by atoms with Crippen LogP contribution in [0.5, 0.6) is 0 Å². The SMILES string of the molecule is O=C1NCCCC[C@@H]1NC(=O)N1CCN(c2nccs2)CC1. The van der Waals surface area contributed by atoms with Crippen molar-refractivity contribution in [2.45, 2.75) is 25.3 Å². The van der Waals surface area contributed by atoms with Gasteiger partial charge in [-0.1, -0.05) is 0 Å². The van der Waals surface area contributed by atoms with Crippen molar-refractivity contribution in [3.63, 3.8) is 0 Å². The van der Waals surface area contributed by atoms with Crippen molar-refractivity contribution in [2.75, 3.05) is 37.6 Å². The Kier molecular flexibility index (Phi) is 4.77. The van der Waals surface area contributed by atoms with Crippen LogP contribution in [0, 0.1) is 0 Å². The summed E-state index contributed by atoms with van der Waals surface area (Å²) in [6.45, 7) is 3.56. The zero-order valence-electron chi connectivity index (χ0n) is 12.5. The van der Waals surface area contributed by atoms with E-state index in [-0.39, 0.29) is 11.9 Å². The molecule has 3 amide bonds. The zero-order chi connectivity index (χ0) is 15.4. The molecule has 0 aliphatic carbocycles. The van der Waals surface area contributed by atoms with Crippen molar-refractivity contribution < 1.29 is 9.59 Å². The standard InChI is InChI=1S/C14H21N5O2S/c20-12-11(3-1-2-4-15-12)17-13(21)18-6-8-19(9-7-18)14-16-5-10-22-14/h5,10-11H,1-4,6-9H2,(H,15,20)(H,17,21)/t11-/m0/s1. The van der Waals surface area contributed by atoms with E-state index in [1.165, 1.54) is 0 Å². The van der Waals surface area contributed by atoms with Gasteiger partial charge in [-0.2, -0.15) is 0 Å². The molecule has 0 bridgehead atoms. The number of hydrogen-bond donors (Lipinski definition) is 2. The lowest BCUT2D eigenvalue weighted by atomic mass is 10.1. The normalized spacial score (nSPS) is 22.9. The third-order valence-electron chi connectivity index (χ3n) is 4.09. The van der Waals surface area contributed by atoms with Crippen LogP contribution >= 0.6 is 11.3 Å². The van der Waals surface area contributed by atoms with Crippen LogP contribution in [0.15, 0.2) is 11.6 Å². The van der Waals surface area contributed by atoms with Gasteiger partial charge in [0.15, 0.2) is 5.13 Å². The average molecular weight is 323 g/mol. The van der Waals surface area contributed by atoms with Crippen molar-refractivity contribution in [1.82, 2.24) is 20.5 Å². The first-order chi connectivity index (χ1) is 10.7. The number of thiazole rings is 1. The first-order valence-corrected chi connectivity index (χ1v) is 8.59. The fourth-order valence-corrected chi connectivity index (χ4v) is 3.49. The number of nitrogens with zero attached hydrogens (tertiary/aromatic N) is 3. The molecule has 2 aliphatic rings. The van der Waals surface area contributed by atoms with Gasteiger partial charge in [-0.3, -0.25) is 4.79 Å². The van der Waals surface area contributed by atoms with E-state index in [1.807, 2.05) is 5.38 Å². The van der Waals surface area contributed by atoms with Crippen LogP contribution < -0.4 is 15.5 Å². The van der Waals surface area contributed by atoms with Crippen molar-refractivity contribution in [3.05, 3.63) is 11.6 Å². The lowest BCUT2D eigenvalue weighted by molar-refractivity contribution is -0.122. The van der Waals surface area contributed by atoms with Gasteiger partial charge < -0.3 is 20.4 Å². The Morgan fingerprint density at radius 2 is 2.14 bits per heavy atom. The zero-order valence-corrected chi connectivity index (χ0v) is 13.3. The fraction of sp³-hybridized carbons (Fsp3) is 0.643. The summed E-state index contributed by atoms with van der Waals surface area (Å²) in [5.41, 5.74) is 0. The number of rotatable bonds is 2. The minimum absolute atomic E-state index is 0.0627. The van der Waals surface area contributed by atoms with Crippen LogP contribution in [0.2, 0.25) is 0 Å². The highest BCUT2D eigenvalue weighted by Crippen LogP contribution is 2.19. The first kappa shape index (κ1) is 15.1. The molecule has 1 atom stereocenters. The third-order valence-corrected chi connectivity index (χ3v) is 4.92. The van der Waals surface area contributed by atoms with Gasteiger partial charge in [-0.05, 0) is 19.3 Å². The van der Waals surface area contributed by atoms with Crippen LogP contribution in [-0.4, -0.2) is 60.6 Å². The van der Waals surface area contributed by atoms with Gasteiger partial charge in [0, 0.05) is 44.3 Å². The quantitative estimate of drug-likeness (QED) is 0.837. The van der Waals surface area contributed by atoms with E-state index < -0.39 is 6.04 Å². The lowest BCUT2D eigenvalue weighted by Gasteiger charge is -2.35. The summed E-state index contributed by atoms with van der Waals surface area (Å²) in [5, 5.41) is 8.67. The minimum atomic E-state index is -0.396. The van der Waals surface area contributed by atoms with Crippen LogP contribution in [0.3, 0.4) is 0 Å². The van der Waals surface area contributed by atoms with Crippen molar-refractivity contribution in [1.29, 1.82) is 0 Å². The van der Waals surface area contributed by atoms with Crippen molar-refractivity contribution in [2.24, 2.45) is 0 Å². The van der Waals surface area contributed by atoms with E-state index in [9.17, 15) is 9.59 Å². The molecular formula is C14H21N5O2S. The summed E-state index contributed by atoms with van der Waals surface area (Å²) in [5.74, 6) is -0.0627. The Bertz CT molecular complexity index is 513. The third kappa shape index (κ3) is 3.49. The second-order valence-electron chi connectivity index (χ2n) is 5.58. The molecule has 2 fully saturated rings. The van der Waals surface area contributed by atoms with E-state index in [0.29, 0.717) is 19.6 Å². The molecular weight excluding hydrogens is 302 g/mol. The number of urea groups is 1. The predicted octanol–water partition coefficient (Wildman–Crippen LogP) is 0.643. The second kappa shape index (κ2) is 6.95. The molecule has 1 aromatic rings. The molecule has 2 saturated heterocycles. The number of aromatic nitrogens is 1. The van der Waals surface area contributed by atoms with E-state index in [0.717, 1.165) is 37.5 Å². The van der Waals surface area contributed by atoms with Gasteiger partial charge in [0.2, 0.25) is 5.91 Å². The largest absolute Gasteiger partial charge is 0.354 e. The highest BCUT2D eigenvalue weighted by molar-refractivity contribution is 7.13. The van der Waals surface area contributed by atoms with E-state index in [2.05, 4.69) is 20.5 Å². The summed E-state index contributed by atoms with van der Waals surface area (Å²) in [6, 6.07) is -0.534. The maximum atomic E-state index is 12.3. The molecule has 0 aromatic carbocycles. The Morgan fingerprint density at radius 3 is 2.86 bits per heavy atom. The van der Waals surface area contributed by atoms with Gasteiger partial charge in [0.25, 0.3) is 0 Å². The molecule has 0 radical (unpaired) electrons. The Hall–Kier alpha value is -1.83.